The lowest BCUT2D eigenvalue weighted by molar-refractivity contribution is 0.0300. The predicted octanol–water partition coefficient (Wildman–Crippen LogP) is 1.93. The predicted molar refractivity (Wildman–Crippen MR) is 41.7 cm³/mol. The Morgan fingerprint density at radius 1 is 0.875 bits per heavy atom. The summed E-state index contributed by atoms with van der Waals surface area (Å²) in [4.78, 5) is 0. The molecule has 2 heteroatoms. The summed E-state index contributed by atoms with van der Waals surface area (Å²) in [5, 5.41) is 0. The molecule has 0 spiro atoms. The van der Waals surface area contributed by atoms with E-state index in [1.165, 1.54) is 0 Å². The second kappa shape index (κ2) is 5.45. The van der Waals surface area contributed by atoms with E-state index in [1.54, 1.807) is 0 Å². The fourth-order valence-corrected chi connectivity index (χ4v) is 0.544. The van der Waals surface area contributed by atoms with Gasteiger partial charge in [0.1, 0.15) is 0 Å². The van der Waals surface area contributed by atoms with Crippen LogP contribution in [0.1, 0.15) is 27.7 Å². The van der Waals surface area contributed by atoms with Crippen LogP contribution >= 0.6 is 13.5 Å². The Morgan fingerprint density at radius 3 is 1.12 bits per heavy atom. The number of hydrogen-bond donors (Lipinski definition) is 0. The van der Waals surface area contributed by atoms with Gasteiger partial charge < -0.3 is 4.74 Å². The first-order valence-corrected chi connectivity index (χ1v) is 2.78. The fourth-order valence-electron chi connectivity index (χ4n) is 0.544. The maximum absolute atomic E-state index is 5.25. The van der Waals surface area contributed by atoms with Crippen LogP contribution in [0.4, 0.5) is 0 Å². The summed E-state index contributed by atoms with van der Waals surface area (Å²) in [5.74, 6) is 0. The first kappa shape index (κ1) is 11.2. The summed E-state index contributed by atoms with van der Waals surface area (Å²) >= 11 is 0. The van der Waals surface area contributed by atoms with Crippen molar-refractivity contribution in [1.29, 1.82) is 0 Å². The Labute approximate surface area is 58.9 Å². The molecule has 0 aromatic rings. The minimum atomic E-state index is 0. The Bertz CT molecular complexity index is 37.8. The summed E-state index contributed by atoms with van der Waals surface area (Å²) < 4.78 is 5.25. The van der Waals surface area contributed by atoms with Gasteiger partial charge >= 0.3 is 0 Å². The molecular formula is C6H16OS. The summed E-state index contributed by atoms with van der Waals surface area (Å²) in [6.07, 6.45) is 0.750. The Kier molecular flexibility index (Phi) is 7.59. The molecule has 0 aromatic heterocycles. The molecule has 0 saturated carbocycles. The second-order valence-electron chi connectivity index (χ2n) is 2.23. The molecule has 52 valence electrons. The van der Waals surface area contributed by atoms with Gasteiger partial charge in [-0.2, -0.15) is 13.5 Å². The van der Waals surface area contributed by atoms with E-state index in [2.05, 4.69) is 0 Å². The van der Waals surface area contributed by atoms with Crippen molar-refractivity contribution >= 4 is 13.5 Å². The first-order valence-electron chi connectivity index (χ1n) is 2.78. The first-order chi connectivity index (χ1) is 3.13. The molecule has 0 aliphatic rings. The molecule has 0 heterocycles. The molecule has 0 rings (SSSR count). The third-order valence-corrected chi connectivity index (χ3v) is 0.544. The van der Waals surface area contributed by atoms with Crippen LogP contribution in [0.3, 0.4) is 0 Å². The smallest absolute Gasteiger partial charge is 0.0522 e. The molecule has 0 bridgehead atoms. The zero-order chi connectivity index (χ0) is 5.86. The number of ether oxygens (including phenoxy) is 1. The van der Waals surface area contributed by atoms with E-state index in [9.17, 15) is 0 Å². The topological polar surface area (TPSA) is 9.23 Å². The van der Waals surface area contributed by atoms with Crippen molar-refractivity contribution in [3.05, 3.63) is 0 Å². The van der Waals surface area contributed by atoms with Gasteiger partial charge in [0.15, 0.2) is 0 Å². The van der Waals surface area contributed by atoms with Crippen LogP contribution in [0, 0.1) is 0 Å². The summed E-state index contributed by atoms with van der Waals surface area (Å²) in [6, 6.07) is 0. The highest BCUT2D eigenvalue weighted by atomic mass is 32.1. The van der Waals surface area contributed by atoms with Crippen molar-refractivity contribution in [1.82, 2.24) is 0 Å². The Morgan fingerprint density at radius 2 is 1.12 bits per heavy atom. The fraction of sp³-hybridized carbons (Fsp3) is 1.00. The van der Waals surface area contributed by atoms with Crippen molar-refractivity contribution in [2.75, 3.05) is 0 Å². The molecule has 0 aliphatic heterocycles. The quantitative estimate of drug-likeness (QED) is 0.563. The summed E-state index contributed by atoms with van der Waals surface area (Å²) in [7, 11) is 0. The van der Waals surface area contributed by atoms with Crippen molar-refractivity contribution in [3.63, 3.8) is 0 Å². The van der Waals surface area contributed by atoms with E-state index >= 15 is 0 Å². The van der Waals surface area contributed by atoms with E-state index in [-0.39, 0.29) is 13.5 Å². The standard InChI is InChI=1S/C6H14O.H2S/c1-5(2)7-6(3)4;/h5-6H,1-4H3;1H2. The highest BCUT2D eigenvalue weighted by Gasteiger charge is 1.94. The molecular weight excluding hydrogens is 120 g/mol. The molecule has 8 heavy (non-hydrogen) atoms. The van der Waals surface area contributed by atoms with E-state index in [0.29, 0.717) is 12.2 Å². The van der Waals surface area contributed by atoms with Crippen molar-refractivity contribution < 1.29 is 4.74 Å². The van der Waals surface area contributed by atoms with Gasteiger partial charge in [-0.3, -0.25) is 0 Å². The van der Waals surface area contributed by atoms with Gasteiger partial charge in [-0.1, -0.05) is 0 Å². The van der Waals surface area contributed by atoms with Crippen LogP contribution in [-0.2, 0) is 4.74 Å². The van der Waals surface area contributed by atoms with Crippen LogP contribution in [0.5, 0.6) is 0 Å². The third-order valence-electron chi connectivity index (χ3n) is 0.544. The third kappa shape index (κ3) is 9.58. The lowest BCUT2D eigenvalue weighted by atomic mass is 10.4. The normalized spacial score (nSPS) is 9.75. The van der Waals surface area contributed by atoms with E-state index in [1.807, 2.05) is 27.7 Å². The van der Waals surface area contributed by atoms with Crippen molar-refractivity contribution in [3.8, 4) is 0 Å². The van der Waals surface area contributed by atoms with Gasteiger partial charge in [-0.15, -0.1) is 0 Å². The SMILES string of the molecule is CC(C)OC(C)C.S. The van der Waals surface area contributed by atoms with Gasteiger partial charge in [0.25, 0.3) is 0 Å². The molecule has 0 N–H and O–H groups in total. The second-order valence-corrected chi connectivity index (χ2v) is 2.23. The van der Waals surface area contributed by atoms with Gasteiger partial charge in [0, 0.05) is 0 Å². The Balaban J connectivity index is 0. The average molecular weight is 136 g/mol. The summed E-state index contributed by atoms with van der Waals surface area (Å²) in [6.45, 7) is 8.17. The summed E-state index contributed by atoms with van der Waals surface area (Å²) in [5.41, 5.74) is 0. The zero-order valence-corrected chi connectivity index (χ0v) is 7.06. The molecule has 1 nitrogen and oxygen atoms in total. The highest BCUT2D eigenvalue weighted by Crippen LogP contribution is 1.93. The van der Waals surface area contributed by atoms with Crippen molar-refractivity contribution in [2.45, 2.75) is 39.9 Å². The number of hydrogen-bond acceptors (Lipinski definition) is 1. The van der Waals surface area contributed by atoms with Crippen LogP contribution in [0.25, 0.3) is 0 Å². The molecule has 0 saturated heterocycles. The van der Waals surface area contributed by atoms with Gasteiger partial charge in [0.05, 0.1) is 12.2 Å². The monoisotopic (exact) mass is 136 g/mol. The lowest BCUT2D eigenvalue weighted by Gasteiger charge is -2.09. The highest BCUT2D eigenvalue weighted by molar-refractivity contribution is 7.59. The molecule has 0 atom stereocenters. The average Bonchev–Trinajstić information content (AvgIpc) is 1.27. The van der Waals surface area contributed by atoms with Crippen LogP contribution in [0.2, 0.25) is 0 Å². The molecule has 0 fully saturated rings. The van der Waals surface area contributed by atoms with Crippen LogP contribution in [-0.4, -0.2) is 12.2 Å². The minimum absolute atomic E-state index is 0. The zero-order valence-electron chi connectivity index (χ0n) is 6.06. The molecule has 0 unspecified atom stereocenters. The van der Waals surface area contributed by atoms with Crippen LogP contribution in [0.15, 0.2) is 0 Å². The Hall–Kier alpha value is 0.310. The molecule has 0 aromatic carbocycles. The van der Waals surface area contributed by atoms with Gasteiger partial charge in [0.2, 0.25) is 0 Å². The van der Waals surface area contributed by atoms with E-state index < -0.39 is 0 Å². The minimum Gasteiger partial charge on any atom is -0.376 e. The van der Waals surface area contributed by atoms with Gasteiger partial charge in [-0.05, 0) is 27.7 Å². The van der Waals surface area contributed by atoms with E-state index in [0.717, 1.165) is 0 Å². The molecule has 0 aliphatic carbocycles. The maximum atomic E-state index is 5.25. The molecule has 0 amide bonds. The molecule has 0 radical (unpaired) electrons. The lowest BCUT2D eigenvalue weighted by Crippen LogP contribution is -2.09. The van der Waals surface area contributed by atoms with Gasteiger partial charge in [-0.25, -0.2) is 0 Å². The van der Waals surface area contributed by atoms with Crippen LogP contribution < -0.4 is 0 Å². The largest absolute Gasteiger partial charge is 0.376 e. The van der Waals surface area contributed by atoms with Crippen molar-refractivity contribution in [2.24, 2.45) is 0 Å². The maximum Gasteiger partial charge on any atom is 0.0522 e. The number of rotatable bonds is 2. The van der Waals surface area contributed by atoms with E-state index in [4.69, 9.17) is 4.74 Å².